The van der Waals surface area contributed by atoms with E-state index >= 15 is 0 Å². The lowest BCUT2D eigenvalue weighted by Crippen LogP contribution is -2.51. The minimum absolute atomic E-state index is 0.0963. The van der Waals surface area contributed by atoms with Crippen LogP contribution < -0.4 is 5.32 Å². The molecule has 0 aromatic heterocycles. The fraction of sp³-hybridized carbons (Fsp3) is 0.929. The van der Waals surface area contributed by atoms with Gasteiger partial charge in [0.15, 0.2) is 0 Å². The van der Waals surface area contributed by atoms with Crippen molar-refractivity contribution in [3.05, 3.63) is 0 Å². The average Bonchev–Trinajstić information content (AvgIpc) is 2.87. The van der Waals surface area contributed by atoms with E-state index in [2.05, 4.69) is 24.1 Å². The molecule has 1 N–H and O–H groups in total. The molecule has 2 unspecified atom stereocenters. The summed E-state index contributed by atoms with van der Waals surface area (Å²) in [5.41, 5.74) is -0.0963. The van der Waals surface area contributed by atoms with Crippen molar-refractivity contribution in [3.63, 3.8) is 0 Å². The highest BCUT2D eigenvalue weighted by molar-refractivity contribution is 5.83. The second kappa shape index (κ2) is 5.38. The number of likely N-dealkylation sites (tertiary alicyclic amines) is 1. The molecule has 0 spiro atoms. The highest BCUT2D eigenvalue weighted by atomic mass is 16.2. The predicted octanol–water partition coefficient (Wildman–Crippen LogP) is 2.02. The van der Waals surface area contributed by atoms with Crippen LogP contribution in [-0.2, 0) is 4.79 Å². The minimum atomic E-state index is -0.0963. The van der Waals surface area contributed by atoms with Crippen LogP contribution in [0.4, 0.5) is 0 Å². The Morgan fingerprint density at radius 2 is 2.29 bits per heavy atom. The molecular weight excluding hydrogens is 212 g/mol. The van der Waals surface area contributed by atoms with Gasteiger partial charge in [0.2, 0.25) is 5.91 Å². The molecule has 0 bridgehead atoms. The summed E-state index contributed by atoms with van der Waals surface area (Å²) in [6, 6.07) is 0. The molecule has 0 aliphatic carbocycles. The monoisotopic (exact) mass is 238 g/mol. The fourth-order valence-corrected chi connectivity index (χ4v) is 3.29. The Balaban J connectivity index is 2.02. The van der Waals surface area contributed by atoms with Crippen LogP contribution in [-0.4, -0.2) is 37.0 Å². The van der Waals surface area contributed by atoms with Gasteiger partial charge in [0.05, 0.1) is 5.41 Å². The minimum Gasteiger partial charge on any atom is -0.342 e. The molecule has 0 radical (unpaired) electrons. The number of hydrogen-bond acceptors (Lipinski definition) is 2. The Hall–Kier alpha value is -0.570. The number of piperidine rings is 1. The van der Waals surface area contributed by atoms with Gasteiger partial charge in [-0.05, 0) is 38.1 Å². The Kier molecular flexibility index (Phi) is 4.08. The molecular formula is C14H26N2O. The summed E-state index contributed by atoms with van der Waals surface area (Å²) in [5.74, 6) is 1.16. The first-order valence-corrected chi connectivity index (χ1v) is 7.22. The van der Waals surface area contributed by atoms with Gasteiger partial charge in [-0.3, -0.25) is 4.79 Å². The fourth-order valence-electron chi connectivity index (χ4n) is 3.29. The van der Waals surface area contributed by atoms with Crippen LogP contribution in [0.2, 0.25) is 0 Å². The maximum absolute atomic E-state index is 12.7. The van der Waals surface area contributed by atoms with Gasteiger partial charge in [0.25, 0.3) is 0 Å². The molecule has 2 atom stereocenters. The van der Waals surface area contributed by atoms with E-state index in [0.29, 0.717) is 5.91 Å². The summed E-state index contributed by atoms with van der Waals surface area (Å²) in [6.45, 7) is 8.34. The molecule has 2 rings (SSSR count). The number of nitrogens with one attached hydrogen (secondary N) is 1. The lowest BCUT2D eigenvalue weighted by atomic mass is 9.77. The Bertz CT molecular complexity index is 271. The summed E-state index contributed by atoms with van der Waals surface area (Å²) >= 11 is 0. The molecule has 2 saturated heterocycles. The second-order valence-corrected chi connectivity index (χ2v) is 5.73. The maximum Gasteiger partial charge on any atom is 0.230 e. The van der Waals surface area contributed by atoms with Crippen molar-refractivity contribution >= 4 is 5.91 Å². The van der Waals surface area contributed by atoms with Crippen LogP contribution in [0.1, 0.15) is 46.0 Å². The lowest BCUT2D eigenvalue weighted by molar-refractivity contribution is -0.142. The van der Waals surface area contributed by atoms with Gasteiger partial charge in [-0.25, -0.2) is 0 Å². The number of carbonyl (C=O) groups excluding carboxylic acids is 1. The van der Waals surface area contributed by atoms with E-state index in [1.807, 2.05) is 0 Å². The summed E-state index contributed by atoms with van der Waals surface area (Å²) in [4.78, 5) is 14.8. The molecule has 0 aromatic carbocycles. The number of nitrogens with zero attached hydrogens (tertiary/aromatic N) is 1. The van der Waals surface area contributed by atoms with E-state index in [0.717, 1.165) is 51.4 Å². The molecule has 2 fully saturated rings. The van der Waals surface area contributed by atoms with Crippen molar-refractivity contribution in [1.29, 1.82) is 0 Å². The van der Waals surface area contributed by atoms with E-state index in [-0.39, 0.29) is 5.41 Å². The highest BCUT2D eigenvalue weighted by Crippen LogP contribution is 2.34. The van der Waals surface area contributed by atoms with Crippen molar-refractivity contribution in [2.75, 3.05) is 26.2 Å². The molecule has 2 aliphatic heterocycles. The molecule has 2 aliphatic rings. The zero-order valence-corrected chi connectivity index (χ0v) is 11.3. The first-order valence-electron chi connectivity index (χ1n) is 7.22. The topological polar surface area (TPSA) is 32.3 Å². The number of amides is 1. The van der Waals surface area contributed by atoms with Crippen LogP contribution in [0.15, 0.2) is 0 Å². The number of hydrogen-bond donors (Lipinski definition) is 1. The summed E-state index contributed by atoms with van der Waals surface area (Å²) in [5, 5.41) is 3.41. The third kappa shape index (κ3) is 2.49. The van der Waals surface area contributed by atoms with E-state index in [9.17, 15) is 4.79 Å². The Labute approximate surface area is 105 Å². The molecule has 3 heteroatoms. The summed E-state index contributed by atoms with van der Waals surface area (Å²) in [6.07, 6.45) is 5.61. The number of carbonyl (C=O) groups is 1. The number of rotatable bonds is 3. The van der Waals surface area contributed by atoms with Crippen molar-refractivity contribution < 1.29 is 4.79 Å². The normalized spacial score (nSPS) is 34.0. The summed E-state index contributed by atoms with van der Waals surface area (Å²) < 4.78 is 0. The van der Waals surface area contributed by atoms with Gasteiger partial charge in [-0.15, -0.1) is 0 Å². The van der Waals surface area contributed by atoms with Gasteiger partial charge in [-0.1, -0.05) is 20.3 Å². The van der Waals surface area contributed by atoms with Crippen LogP contribution >= 0.6 is 0 Å². The summed E-state index contributed by atoms with van der Waals surface area (Å²) in [7, 11) is 0. The molecule has 17 heavy (non-hydrogen) atoms. The Morgan fingerprint density at radius 3 is 2.82 bits per heavy atom. The molecule has 3 nitrogen and oxygen atoms in total. The third-order valence-corrected chi connectivity index (χ3v) is 4.75. The quantitative estimate of drug-likeness (QED) is 0.816. The first kappa shape index (κ1) is 12.9. The van der Waals surface area contributed by atoms with Crippen molar-refractivity contribution in [1.82, 2.24) is 10.2 Å². The van der Waals surface area contributed by atoms with Gasteiger partial charge in [-0.2, -0.15) is 0 Å². The zero-order chi connectivity index (χ0) is 12.3. The molecule has 98 valence electrons. The van der Waals surface area contributed by atoms with Crippen molar-refractivity contribution in [2.24, 2.45) is 11.3 Å². The maximum atomic E-state index is 12.7. The van der Waals surface area contributed by atoms with Crippen LogP contribution in [0.25, 0.3) is 0 Å². The third-order valence-electron chi connectivity index (χ3n) is 4.75. The smallest absolute Gasteiger partial charge is 0.230 e. The largest absolute Gasteiger partial charge is 0.342 e. The van der Waals surface area contributed by atoms with Gasteiger partial charge < -0.3 is 10.2 Å². The zero-order valence-electron chi connectivity index (χ0n) is 11.3. The van der Waals surface area contributed by atoms with Crippen LogP contribution in [0.5, 0.6) is 0 Å². The average molecular weight is 238 g/mol. The van der Waals surface area contributed by atoms with Crippen molar-refractivity contribution in [3.8, 4) is 0 Å². The molecule has 0 aromatic rings. The van der Waals surface area contributed by atoms with E-state index in [4.69, 9.17) is 0 Å². The van der Waals surface area contributed by atoms with E-state index in [1.54, 1.807) is 0 Å². The lowest BCUT2D eigenvalue weighted by Gasteiger charge is -2.38. The van der Waals surface area contributed by atoms with Gasteiger partial charge in [0.1, 0.15) is 0 Å². The van der Waals surface area contributed by atoms with E-state index < -0.39 is 0 Å². The van der Waals surface area contributed by atoms with Crippen LogP contribution in [0, 0.1) is 11.3 Å². The van der Waals surface area contributed by atoms with Crippen LogP contribution in [0.3, 0.4) is 0 Å². The highest BCUT2D eigenvalue weighted by Gasteiger charge is 2.42. The van der Waals surface area contributed by atoms with E-state index in [1.165, 1.54) is 12.8 Å². The predicted molar refractivity (Wildman–Crippen MR) is 69.8 cm³/mol. The van der Waals surface area contributed by atoms with Crippen molar-refractivity contribution in [2.45, 2.75) is 46.0 Å². The Morgan fingerprint density at radius 1 is 1.47 bits per heavy atom. The SMILES string of the molecule is CCC1CCN(C(=O)C2(CC)CCCNC2)C1. The standard InChI is InChI=1S/C14H26N2O/c1-3-12-6-9-16(10-12)13(17)14(4-2)7-5-8-15-11-14/h12,15H,3-11H2,1-2H3. The second-order valence-electron chi connectivity index (χ2n) is 5.73. The molecule has 0 saturated carbocycles. The van der Waals surface area contributed by atoms with Gasteiger partial charge >= 0.3 is 0 Å². The molecule has 2 heterocycles. The first-order chi connectivity index (χ1) is 8.22. The molecule has 1 amide bonds. The van der Waals surface area contributed by atoms with Gasteiger partial charge in [0, 0.05) is 19.6 Å².